The predicted molar refractivity (Wildman–Crippen MR) is 152 cm³/mol. The average molecular weight is 528 g/mol. The fourth-order valence-electron chi connectivity index (χ4n) is 4.72. The lowest BCUT2D eigenvalue weighted by Crippen LogP contribution is -2.49. The molecule has 1 aromatic heterocycles. The van der Waals surface area contributed by atoms with Gasteiger partial charge < -0.3 is 19.5 Å². The van der Waals surface area contributed by atoms with Crippen molar-refractivity contribution in [3.05, 3.63) is 83.6 Å². The lowest BCUT2D eigenvalue weighted by Gasteiger charge is -2.37. The molecular formula is C32H37N3O4. The number of hydrogen-bond donors (Lipinski definition) is 1. The van der Waals surface area contributed by atoms with Gasteiger partial charge in [0.2, 0.25) is 5.88 Å². The van der Waals surface area contributed by atoms with Crippen molar-refractivity contribution in [1.82, 2.24) is 14.8 Å². The molecule has 1 aliphatic rings. The van der Waals surface area contributed by atoms with Crippen LogP contribution >= 0.6 is 0 Å². The summed E-state index contributed by atoms with van der Waals surface area (Å²) in [4.78, 5) is 22.0. The molecule has 0 radical (unpaired) electrons. The maximum absolute atomic E-state index is 13.5. The Balaban J connectivity index is 1.53. The predicted octanol–water partition coefficient (Wildman–Crippen LogP) is 4.10. The number of aromatic nitrogens is 1. The number of fused-ring (bicyclic) bond motifs is 1. The maximum Gasteiger partial charge on any atom is 0.259 e. The van der Waals surface area contributed by atoms with Crippen LogP contribution in [0.2, 0.25) is 0 Å². The van der Waals surface area contributed by atoms with Gasteiger partial charge in [-0.25, -0.2) is 4.98 Å². The Morgan fingerprint density at radius 1 is 1.18 bits per heavy atom. The van der Waals surface area contributed by atoms with Gasteiger partial charge in [0.05, 0.1) is 12.6 Å². The van der Waals surface area contributed by atoms with Crippen LogP contribution in [-0.2, 0) is 11.3 Å². The van der Waals surface area contributed by atoms with E-state index < -0.39 is 0 Å². The number of nitrogens with zero attached hydrogens (tertiary/aromatic N) is 3. The molecule has 2 aromatic carbocycles. The van der Waals surface area contributed by atoms with Gasteiger partial charge >= 0.3 is 0 Å². The summed E-state index contributed by atoms with van der Waals surface area (Å²) < 4.78 is 11.4. The minimum absolute atomic E-state index is 0.0157. The monoisotopic (exact) mass is 527 g/mol. The zero-order valence-electron chi connectivity index (χ0n) is 23.1. The van der Waals surface area contributed by atoms with Gasteiger partial charge in [0.15, 0.2) is 0 Å². The molecule has 7 nitrogen and oxygen atoms in total. The molecule has 0 saturated carbocycles. The number of pyridine rings is 1. The van der Waals surface area contributed by atoms with Crippen molar-refractivity contribution in [3.63, 3.8) is 0 Å². The lowest BCUT2D eigenvalue weighted by molar-refractivity contribution is 0.0325. The van der Waals surface area contributed by atoms with E-state index in [2.05, 4.69) is 72.1 Å². The fourth-order valence-corrected chi connectivity index (χ4v) is 4.72. The molecule has 2 heterocycles. The van der Waals surface area contributed by atoms with E-state index in [9.17, 15) is 9.90 Å². The van der Waals surface area contributed by atoms with E-state index in [0.29, 0.717) is 30.1 Å². The molecular weight excluding hydrogens is 490 g/mol. The van der Waals surface area contributed by atoms with E-state index in [1.807, 2.05) is 25.1 Å². The number of carbonyl (C=O) groups is 1. The van der Waals surface area contributed by atoms with Gasteiger partial charge in [-0.05, 0) is 36.7 Å². The second kappa shape index (κ2) is 13.4. The highest BCUT2D eigenvalue weighted by molar-refractivity contribution is 5.97. The first-order valence-corrected chi connectivity index (χ1v) is 13.3. The first-order chi connectivity index (χ1) is 18.9. The Hall–Kier alpha value is -3.70. The molecule has 0 saturated heterocycles. The van der Waals surface area contributed by atoms with Crippen molar-refractivity contribution in [3.8, 4) is 28.8 Å². The minimum Gasteiger partial charge on any atom is -0.472 e. The van der Waals surface area contributed by atoms with Gasteiger partial charge in [-0.2, -0.15) is 0 Å². The van der Waals surface area contributed by atoms with Crippen LogP contribution in [0.4, 0.5) is 0 Å². The Kier molecular flexibility index (Phi) is 9.72. The summed E-state index contributed by atoms with van der Waals surface area (Å²) in [5.74, 6) is 5.98. The molecule has 0 fully saturated rings. The largest absolute Gasteiger partial charge is 0.472 e. The zero-order chi connectivity index (χ0) is 27.8. The number of methoxy groups -OCH3 is 1. The third-order valence-corrected chi connectivity index (χ3v) is 6.98. The van der Waals surface area contributed by atoms with Crippen LogP contribution < -0.4 is 4.74 Å². The van der Waals surface area contributed by atoms with Crippen LogP contribution in [0.3, 0.4) is 0 Å². The van der Waals surface area contributed by atoms with Crippen LogP contribution in [0.15, 0.2) is 66.9 Å². The normalized spacial score (nSPS) is 17.9. The van der Waals surface area contributed by atoms with Crippen LogP contribution in [0.5, 0.6) is 5.88 Å². The summed E-state index contributed by atoms with van der Waals surface area (Å²) in [6, 6.07) is 20.3. The van der Waals surface area contributed by atoms with Crippen molar-refractivity contribution in [1.29, 1.82) is 0 Å². The Bertz CT molecular complexity index is 1300. The van der Waals surface area contributed by atoms with Crippen LogP contribution in [0.25, 0.3) is 11.1 Å². The standard InChI is InChI=1S/C32H37N3O4/c1-23-19-35(24(2)22-36)32(37)29-17-26(9-8-16-38-4)18-33-31(29)39-30(23)21-34(3)20-25-12-14-28(15-13-25)27-10-6-5-7-11-27/h5-7,10-15,17-18,23-24,30,36H,16,19-22H2,1-4H3/t23-,24-,30-/m1/s1. The van der Waals surface area contributed by atoms with Gasteiger partial charge in [0.1, 0.15) is 18.3 Å². The molecule has 3 atom stereocenters. The number of hydrogen-bond acceptors (Lipinski definition) is 6. The highest BCUT2D eigenvalue weighted by Crippen LogP contribution is 2.28. The van der Waals surface area contributed by atoms with Crippen LogP contribution in [0.1, 0.15) is 35.3 Å². The van der Waals surface area contributed by atoms with E-state index in [-0.39, 0.29) is 37.2 Å². The van der Waals surface area contributed by atoms with Crippen molar-refractivity contribution in [2.24, 2.45) is 5.92 Å². The third kappa shape index (κ3) is 7.24. The topological polar surface area (TPSA) is 75.1 Å². The summed E-state index contributed by atoms with van der Waals surface area (Å²) in [6.07, 6.45) is 1.41. The van der Waals surface area contributed by atoms with Crippen molar-refractivity contribution >= 4 is 5.91 Å². The lowest BCUT2D eigenvalue weighted by atomic mass is 9.99. The smallest absolute Gasteiger partial charge is 0.259 e. The first kappa shape index (κ1) is 28.3. The average Bonchev–Trinajstić information content (AvgIpc) is 2.95. The Labute approximate surface area is 231 Å². The summed E-state index contributed by atoms with van der Waals surface area (Å²) in [6.45, 7) is 5.95. The van der Waals surface area contributed by atoms with Crippen molar-refractivity contribution < 1.29 is 19.4 Å². The maximum atomic E-state index is 13.5. The van der Waals surface area contributed by atoms with E-state index in [1.54, 1.807) is 24.3 Å². The quantitative estimate of drug-likeness (QED) is 0.445. The number of benzene rings is 2. The SMILES string of the molecule is COCC#Cc1cnc2c(c1)C(=O)N([C@H](C)CO)C[C@@H](C)[C@@H](CN(C)Cc1ccc(-c3ccccc3)cc1)O2. The molecule has 7 heteroatoms. The number of rotatable bonds is 8. The van der Waals surface area contributed by atoms with Crippen LogP contribution in [0, 0.1) is 17.8 Å². The first-order valence-electron chi connectivity index (χ1n) is 13.3. The van der Waals surface area contributed by atoms with Gasteiger partial charge in [0.25, 0.3) is 5.91 Å². The summed E-state index contributed by atoms with van der Waals surface area (Å²) >= 11 is 0. The molecule has 0 bridgehead atoms. The number of carbonyl (C=O) groups excluding carboxylic acids is 1. The zero-order valence-corrected chi connectivity index (χ0v) is 23.1. The van der Waals surface area contributed by atoms with Gasteiger partial charge in [0, 0.05) is 44.4 Å². The number of aliphatic hydroxyl groups excluding tert-OH is 1. The van der Waals surface area contributed by atoms with Crippen molar-refractivity contribution in [2.75, 3.05) is 40.5 Å². The second-order valence-electron chi connectivity index (χ2n) is 10.2. The van der Waals surface area contributed by atoms with E-state index >= 15 is 0 Å². The molecule has 0 unspecified atom stereocenters. The Morgan fingerprint density at radius 3 is 2.59 bits per heavy atom. The summed E-state index contributed by atoms with van der Waals surface area (Å²) in [5.41, 5.74) is 4.57. The third-order valence-electron chi connectivity index (χ3n) is 6.98. The van der Waals surface area contributed by atoms with E-state index in [0.717, 1.165) is 6.54 Å². The molecule has 0 aliphatic carbocycles. The highest BCUT2D eigenvalue weighted by atomic mass is 16.5. The molecule has 1 N–H and O–H groups in total. The molecule has 1 aliphatic heterocycles. The van der Waals surface area contributed by atoms with Gasteiger partial charge in [-0.3, -0.25) is 9.69 Å². The fraction of sp³-hybridized carbons (Fsp3) is 0.375. The highest BCUT2D eigenvalue weighted by Gasteiger charge is 2.34. The van der Waals surface area contributed by atoms with Gasteiger partial charge in [-0.15, -0.1) is 0 Å². The molecule has 1 amide bonds. The van der Waals surface area contributed by atoms with Crippen LogP contribution in [-0.4, -0.2) is 78.4 Å². The Morgan fingerprint density at radius 2 is 1.90 bits per heavy atom. The van der Waals surface area contributed by atoms with Crippen molar-refractivity contribution in [2.45, 2.75) is 32.5 Å². The molecule has 39 heavy (non-hydrogen) atoms. The summed E-state index contributed by atoms with van der Waals surface area (Å²) in [7, 11) is 3.65. The molecule has 0 spiro atoms. The number of likely N-dealkylation sites (N-methyl/N-ethyl adjacent to an activating group) is 1. The van der Waals surface area contributed by atoms with E-state index in [1.165, 1.54) is 16.7 Å². The van der Waals surface area contributed by atoms with Gasteiger partial charge in [-0.1, -0.05) is 73.4 Å². The second-order valence-corrected chi connectivity index (χ2v) is 10.2. The number of amides is 1. The minimum atomic E-state index is -0.337. The number of ether oxygens (including phenoxy) is 2. The van der Waals surface area contributed by atoms with E-state index in [4.69, 9.17) is 9.47 Å². The molecule has 3 aromatic rings. The number of aliphatic hydroxyl groups is 1. The molecule has 4 rings (SSSR count). The molecule has 204 valence electrons. The summed E-state index contributed by atoms with van der Waals surface area (Å²) in [5, 5.41) is 9.88.